The Morgan fingerprint density at radius 3 is 2.63 bits per heavy atom. The SMILES string of the molecule is C=C(c1cccc2ccccc12)C1OCOC1(C)C. The fraction of sp³-hybridized carbons (Fsp3) is 0.294. The molecular weight excluding hydrogens is 236 g/mol. The van der Waals surface area contributed by atoms with Gasteiger partial charge in [0, 0.05) is 0 Å². The van der Waals surface area contributed by atoms with Crippen molar-refractivity contribution in [1.29, 1.82) is 0 Å². The van der Waals surface area contributed by atoms with Crippen LogP contribution in [-0.2, 0) is 9.47 Å². The molecule has 1 aliphatic heterocycles. The summed E-state index contributed by atoms with van der Waals surface area (Å²) in [6.07, 6.45) is -0.0988. The number of benzene rings is 2. The Kier molecular flexibility index (Phi) is 2.92. The zero-order valence-corrected chi connectivity index (χ0v) is 11.3. The molecule has 1 heterocycles. The predicted molar refractivity (Wildman–Crippen MR) is 77.9 cm³/mol. The second-order valence-electron chi connectivity index (χ2n) is 5.46. The first-order chi connectivity index (χ1) is 9.09. The van der Waals surface area contributed by atoms with Crippen molar-refractivity contribution in [2.45, 2.75) is 25.6 Å². The van der Waals surface area contributed by atoms with Gasteiger partial charge in [-0.1, -0.05) is 49.0 Å². The third kappa shape index (κ3) is 2.07. The van der Waals surface area contributed by atoms with Crippen molar-refractivity contribution in [2.24, 2.45) is 0 Å². The fourth-order valence-corrected chi connectivity index (χ4v) is 2.70. The van der Waals surface area contributed by atoms with Crippen LogP contribution in [0.5, 0.6) is 0 Å². The van der Waals surface area contributed by atoms with E-state index in [1.54, 1.807) is 0 Å². The van der Waals surface area contributed by atoms with Gasteiger partial charge in [-0.25, -0.2) is 0 Å². The standard InChI is InChI=1S/C17H18O2/c1-12(16-17(2,3)19-11-18-16)14-10-6-8-13-7-4-5-9-15(13)14/h4-10,16H,1,11H2,2-3H3. The van der Waals surface area contributed by atoms with E-state index in [9.17, 15) is 0 Å². The molecule has 2 aromatic carbocycles. The molecule has 1 aliphatic rings. The molecule has 0 radical (unpaired) electrons. The largest absolute Gasteiger partial charge is 0.346 e. The molecule has 1 atom stereocenters. The zero-order chi connectivity index (χ0) is 13.5. The van der Waals surface area contributed by atoms with E-state index in [0.29, 0.717) is 6.79 Å². The summed E-state index contributed by atoms with van der Waals surface area (Å²) in [7, 11) is 0. The summed E-state index contributed by atoms with van der Waals surface area (Å²) in [6.45, 7) is 8.67. The lowest BCUT2D eigenvalue weighted by Gasteiger charge is -2.26. The summed E-state index contributed by atoms with van der Waals surface area (Å²) in [5.41, 5.74) is 1.80. The maximum Gasteiger partial charge on any atom is 0.148 e. The van der Waals surface area contributed by atoms with Crippen LogP contribution in [0.3, 0.4) is 0 Å². The van der Waals surface area contributed by atoms with Crippen LogP contribution in [0.1, 0.15) is 19.4 Å². The first kappa shape index (κ1) is 12.4. The molecule has 2 aromatic rings. The van der Waals surface area contributed by atoms with Gasteiger partial charge in [-0.15, -0.1) is 0 Å². The summed E-state index contributed by atoms with van der Waals surface area (Å²) in [4.78, 5) is 0. The molecule has 1 unspecified atom stereocenters. The summed E-state index contributed by atoms with van der Waals surface area (Å²) in [6, 6.07) is 14.6. The molecule has 0 bridgehead atoms. The number of ether oxygens (including phenoxy) is 2. The normalized spacial score (nSPS) is 21.7. The second kappa shape index (κ2) is 4.48. The third-order valence-corrected chi connectivity index (χ3v) is 3.75. The van der Waals surface area contributed by atoms with Gasteiger partial charge in [0.2, 0.25) is 0 Å². The molecule has 0 N–H and O–H groups in total. The highest BCUT2D eigenvalue weighted by Gasteiger charge is 2.39. The molecule has 19 heavy (non-hydrogen) atoms. The lowest BCUT2D eigenvalue weighted by molar-refractivity contribution is 0.0121. The first-order valence-corrected chi connectivity index (χ1v) is 6.52. The van der Waals surface area contributed by atoms with Crippen molar-refractivity contribution in [3.8, 4) is 0 Å². The highest BCUT2D eigenvalue weighted by Crippen LogP contribution is 2.36. The minimum Gasteiger partial charge on any atom is -0.346 e. The van der Waals surface area contributed by atoms with Crippen molar-refractivity contribution in [2.75, 3.05) is 6.79 Å². The highest BCUT2D eigenvalue weighted by atomic mass is 16.7. The van der Waals surface area contributed by atoms with Gasteiger partial charge < -0.3 is 9.47 Å². The van der Waals surface area contributed by atoms with Gasteiger partial charge in [-0.3, -0.25) is 0 Å². The zero-order valence-electron chi connectivity index (χ0n) is 11.3. The van der Waals surface area contributed by atoms with E-state index in [1.165, 1.54) is 10.8 Å². The number of hydrogen-bond donors (Lipinski definition) is 0. The Hall–Kier alpha value is -1.64. The number of hydrogen-bond acceptors (Lipinski definition) is 2. The average Bonchev–Trinajstić information content (AvgIpc) is 2.77. The van der Waals surface area contributed by atoms with Crippen molar-refractivity contribution < 1.29 is 9.47 Å². The number of fused-ring (bicyclic) bond motifs is 1. The lowest BCUT2D eigenvalue weighted by Crippen LogP contribution is -2.33. The van der Waals surface area contributed by atoms with Gasteiger partial charge in [-0.2, -0.15) is 0 Å². The van der Waals surface area contributed by atoms with E-state index in [2.05, 4.69) is 43.0 Å². The predicted octanol–water partition coefficient (Wildman–Crippen LogP) is 4.00. The fourth-order valence-electron chi connectivity index (χ4n) is 2.70. The molecule has 98 valence electrons. The maximum atomic E-state index is 5.71. The van der Waals surface area contributed by atoms with Crippen LogP contribution in [0, 0.1) is 0 Å². The molecule has 0 amide bonds. The lowest BCUT2D eigenvalue weighted by atomic mass is 9.89. The second-order valence-corrected chi connectivity index (χ2v) is 5.46. The van der Waals surface area contributed by atoms with E-state index in [1.807, 2.05) is 19.9 Å². The van der Waals surface area contributed by atoms with Crippen LogP contribution >= 0.6 is 0 Å². The van der Waals surface area contributed by atoms with Crippen molar-refractivity contribution >= 4 is 16.3 Å². The van der Waals surface area contributed by atoms with Gasteiger partial charge >= 0.3 is 0 Å². The highest BCUT2D eigenvalue weighted by molar-refractivity contribution is 5.94. The molecule has 1 fully saturated rings. The van der Waals surface area contributed by atoms with Crippen LogP contribution in [0.25, 0.3) is 16.3 Å². The van der Waals surface area contributed by atoms with E-state index in [4.69, 9.17) is 9.47 Å². The van der Waals surface area contributed by atoms with E-state index < -0.39 is 0 Å². The summed E-state index contributed by atoms with van der Waals surface area (Å²) in [5, 5.41) is 2.43. The van der Waals surface area contributed by atoms with Crippen molar-refractivity contribution in [3.63, 3.8) is 0 Å². The van der Waals surface area contributed by atoms with Gasteiger partial charge in [0.1, 0.15) is 12.9 Å². The van der Waals surface area contributed by atoms with Crippen LogP contribution < -0.4 is 0 Å². The van der Waals surface area contributed by atoms with Gasteiger partial charge in [-0.05, 0) is 35.8 Å². The van der Waals surface area contributed by atoms with Gasteiger partial charge in [0.25, 0.3) is 0 Å². The molecule has 1 saturated heterocycles. The molecule has 2 nitrogen and oxygen atoms in total. The quantitative estimate of drug-likeness (QED) is 0.806. The summed E-state index contributed by atoms with van der Waals surface area (Å²) < 4.78 is 11.3. The number of rotatable bonds is 2. The minimum absolute atomic E-state index is 0.0988. The Morgan fingerprint density at radius 1 is 1.16 bits per heavy atom. The maximum absolute atomic E-state index is 5.71. The minimum atomic E-state index is -0.325. The molecule has 3 rings (SSSR count). The molecule has 0 spiro atoms. The average molecular weight is 254 g/mol. The van der Waals surface area contributed by atoms with Gasteiger partial charge in [0.15, 0.2) is 0 Å². The Balaban J connectivity index is 2.07. The molecule has 0 aliphatic carbocycles. The van der Waals surface area contributed by atoms with Crippen molar-refractivity contribution in [3.05, 3.63) is 54.6 Å². The van der Waals surface area contributed by atoms with Crippen LogP contribution in [0.4, 0.5) is 0 Å². The van der Waals surface area contributed by atoms with E-state index in [-0.39, 0.29) is 11.7 Å². The first-order valence-electron chi connectivity index (χ1n) is 6.52. The molecular formula is C17H18O2. The monoisotopic (exact) mass is 254 g/mol. The van der Waals surface area contributed by atoms with Crippen LogP contribution in [0.15, 0.2) is 49.0 Å². The van der Waals surface area contributed by atoms with Crippen LogP contribution in [0.2, 0.25) is 0 Å². The Labute approximate surface area is 113 Å². The topological polar surface area (TPSA) is 18.5 Å². The van der Waals surface area contributed by atoms with Crippen molar-refractivity contribution in [1.82, 2.24) is 0 Å². The van der Waals surface area contributed by atoms with Crippen LogP contribution in [-0.4, -0.2) is 18.5 Å². The summed E-state index contributed by atoms with van der Waals surface area (Å²) in [5.74, 6) is 0. The molecule has 0 saturated carbocycles. The third-order valence-electron chi connectivity index (χ3n) is 3.75. The molecule has 2 heteroatoms. The Morgan fingerprint density at radius 2 is 1.89 bits per heavy atom. The summed E-state index contributed by atoms with van der Waals surface area (Å²) >= 11 is 0. The van der Waals surface area contributed by atoms with E-state index >= 15 is 0 Å². The Bertz CT molecular complexity index is 623. The van der Waals surface area contributed by atoms with Gasteiger partial charge in [0.05, 0.1) is 5.60 Å². The molecule has 0 aromatic heterocycles. The smallest absolute Gasteiger partial charge is 0.148 e. The van der Waals surface area contributed by atoms with E-state index in [0.717, 1.165) is 11.1 Å².